The maximum Gasteiger partial charge on any atom is 0.464 e. The van der Waals surface area contributed by atoms with Crippen LogP contribution in [0.1, 0.15) is 54.4 Å². The average molecular weight is 268 g/mol. The predicted octanol–water partition coefficient (Wildman–Crippen LogP) is 4.68. The van der Waals surface area contributed by atoms with Gasteiger partial charge in [0.1, 0.15) is 0 Å². The predicted molar refractivity (Wildman–Crippen MR) is 78.7 cm³/mol. The first kappa shape index (κ1) is 16.4. The van der Waals surface area contributed by atoms with Crippen LogP contribution in [0.2, 0.25) is 5.82 Å². The van der Waals surface area contributed by atoms with Crippen LogP contribution in [0, 0.1) is 0 Å². The van der Waals surface area contributed by atoms with Crippen LogP contribution in [0.25, 0.3) is 0 Å². The lowest BCUT2D eigenvalue weighted by atomic mass is 9.73. The Balaban J connectivity index is 2.66. The van der Waals surface area contributed by atoms with E-state index in [0.29, 0.717) is 11.9 Å². The molecule has 1 atom stereocenters. The van der Waals surface area contributed by atoms with Crippen molar-refractivity contribution in [3.63, 3.8) is 0 Å². The van der Waals surface area contributed by atoms with Crippen LogP contribution < -0.4 is 0 Å². The Labute approximate surface area is 117 Å². The highest BCUT2D eigenvalue weighted by Gasteiger charge is 2.52. The largest absolute Gasteiger partial charge is 0.464 e. The van der Waals surface area contributed by atoms with Crippen LogP contribution in [0.3, 0.4) is 0 Å². The molecule has 2 nitrogen and oxygen atoms in total. The summed E-state index contributed by atoms with van der Waals surface area (Å²) < 4.78 is 24.6. The van der Waals surface area contributed by atoms with Crippen LogP contribution >= 0.6 is 0 Å². The standard InChI is InChI=1S/C15H26BFO2/c1-7-8-13(11-17)10-9-12(2)16-18-14(3,4)15(5,6)19-16/h9-12H,7-8H2,1-6H3/b10-9+,13-11+. The Hall–Kier alpha value is -0.605. The highest BCUT2D eigenvalue weighted by molar-refractivity contribution is 6.48. The fourth-order valence-electron chi connectivity index (χ4n) is 1.93. The summed E-state index contributed by atoms with van der Waals surface area (Å²) in [7, 11) is -0.274. The molecule has 1 rings (SSSR count). The van der Waals surface area contributed by atoms with E-state index in [-0.39, 0.29) is 24.1 Å². The number of allylic oxidation sites excluding steroid dienone is 3. The molecule has 0 N–H and O–H groups in total. The summed E-state index contributed by atoms with van der Waals surface area (Å²) in [6.07, 6.45) is 6.16. The molecular weight excluding hydrogens is 242 g/mol. The average Bonchev–Trinajstić information content (AvgIpc) is 2.53. The van der Waals surface area contributed by atoms with Crippen LogP contribution in [0.15, 0.2) is 24.1 Å². The molecule has 0 amide bonds. The molecule has 1 fully saturated rings. The van der Waals surface area contributed by atoms with Crippen LogP contribution in [-0.2, 0) is 9.31 Å². The highest BCUT2D eigenvalue weighted by Crippen LogP contribution is 2.40. The monoisotopic (exact) mass is 268 g/mol. The van der Waals surface area contributed by atoms with Crippen molar-refractivity contribution in [3.05, 3.63) is 24.1 Å². The minimum atomic E-state index is -0.318. The molecule has 0 aromatic rings. The molecule has 0 radical (unpaired) electrons. The van der Waals surface area contributed by atoms with Gasteiger partial charge in [0.25, 0.3) is 0 Å². The maximum atomic E-state index is 12.6. The fraction of sp³-hybridized carbons (Fsp3) is 0.733. The second-order valence-electron chi connectivity index (χ2n) is 6.28. The van der Waals surface area contributed by atoms with Crippen molar-refractivity contribution >= 4 is 7.12 Å². The zero-order valence-electron chi connectivity index (χ0n) is 13.0. The first-order valence-electron chi connectivity index (χ1n) is 7.06. The summed E-state index contributed by atoms with van der Waals surface area (Å²) in [5.74, 6) is 0.0906. The van der Waals surface area contributed by atoms with E-state index in [1.54, 1.807) is 0 Å². The minimum Gasteiger partial charge on any atom is -0.403 e. The SMILES string of the molecule is CCCC(/C=C/C(C)B1OC(C)(C)C(C)(C)O1)=C\F. The van der Waals surface area contributed by atoms with Crippen molar-refractivity contribution in [2.45, 2.75) is 71.4 Å². The van der Waals surface area contributed by atoms with Gasteiger partial charge in [-0.2, -0.15) is 0 Å². The van der Waals surface area contributed by atoms with E-state index < -0.39 is 0 Å². The first-order chi connectivity index (χ1) is 8.73. The van der Waals surface area contributed by atoms with E-state index in [0.717, 1.165) is 12.8 Å². The Morgan fingerprint density at radius 3 is 2.16 bits per heavy atom. The highest BCUT2D eigenvalue weighted by atomic mass is 19.1. The van der Waals surface area contributed by atoms with Gasteiger partial charge in [-0.1, -0.05) is 32.4 Å². The van der Waals surface area contributed by atoms with Gasteiger partial charge < -0.3 is 9.31 Å². The van der Waals surface area contributed by atoms with E-state index in [2.05, 4.69) is 0 Å². The van der Waals surface area contributed by atoms with Gasteiger partial charge in [-0.15, -0.1) is 0 Å². The van der Waals surface area contributed by atoms with Crippen LogP contribution in [-0.4, -0.2) is 18.3 Å². The lowest BCUT2D eigenvalue weighted by molar-refractivity contribution is 0.00578. The van der Waals surface area contributed by atoms with Gasteiger partial charge >= 0.3 is 7.12 Å². The third-order valence-corrected chi connectivity index (χ3v) is 3.99. The van der Waals surface area contributed by atoms with Crippen LogP contribution in [0.4, 0.5) is 4.39 Å². The van der Waals surface area contributed by atoms with Gasteiger partial charge in [-0.3, -0.25) is 0 Å². The number of hydrogen-bond donors (Lipinski definition) is 0. The molecule has 0 aromatic carbocycles. The molecule has 19 heavy (non-hydrogen) atoms. The third-order valence-electron chi connectivity index (χ3n) is 3.99. The van der Waals surface area contributed by atoms with Gasteiger partial charge in [0, 0.05) is 5.82 Å². The lowest BCUT2D eigenvalue weighted by Crippen LogP contribution is -2.41. The zero-order chi connectivity index (χ0) is 14.7. The van der Waals surface area contributed by atoms with E-state index in [1.165, 1.54) is 0 Å². The van der Waals surface area contributed by atoms with Gasteiger partial charge in [-0.05, 0) is 39.7 Å². The summed E-state index contributed by atoms with van der Waals surface area (Å²) in [4.78, 5) is 0. The van der Waals surface area contributed by atoms with E-state index in [9.17, 15) is 4.39 Å². The number of rotatable bonds is 5. The normalized spacial score (nSPS) is 24.2. The van der Waals surface area contributed by atoms with Crippen molar-refractivity contribution in [3.8, 4) is 0 Å². The molecule has 1 saturated heterocycles. The topological polar surface area (TPSA) is 18.5 Å². The number of hydrogen-bond acceptors (Lipinski definition) is 2. The quantitative estimate of drug-likeness (QED) is 0.532. The fourth-order valence-corrected chi connectivity index (χ4v) is 1.93. The molecule has 4 heteroatoms. The summed E-state index contributed by atoms with van der Waals surface area (Å²) in [6, 6.07) is 0. The minimum absolute atomic E-state index is 0.0906. The van der Waals surface area contributed by atoms with Crippen molar-refractivity contribution < 1.29 is 13.7 Å². The van der Waals surface area contributed by atoms with Crippen molar-refractivity contribution in [1.29, 1.82) is 0 Å². The van der Waals surface area contributed by atoms with Crippen molar-refractivity contribution in [1.82, 2.24) is 0 Å². The van der Waals surface area contributed by atoms with Gasteiger partial charge in [0.05, 0.1) is 17.5 Å². The van der Waals surface area contributed by atoms with Crippen LogP contribution in [0.5, 0.6) is 0 Å². The first-order valence-corrected chi connectivity index (χ1v) is 7.06. The summed E-state index contributed by atoms with van der Waals surface area (Å²) in [5, 5.41) is 0. The Morgan fingerprint density at radius 1 is 1.21 bits per heavy atom. The summed E-state index contributed by atoms with van der Waals surface area (Å²) >= 11 is 0. The van der Waals surface area contributed by atoms with E-state index >= 15 is 0 Å². The Bertz CT molecular complexity index is 345. The molecule has 1 heterocycles. The molecule has 0 aliphatic carbocycles. The second-order valence-corrected chi connectivity index (χ2v) is 6.28. The Morgan fingerprint density at radius 2 is 1.74 bits per heavy atom. The molecule has 0 spiro atoms. The van der Waals surface area contributed by atoms with E-state index in [4.69, 9.17) is 9.31 Å². The van der Waals surface area contributed by atoms with Gasteiger partial charge in [-0.25, -0.2) is 4.39 Å². The molecule has 108 valence electrons. The lowest BCUT2D eigenvalue weighted by Gasteiger charge is -2.32. The smallest absolute Gasteiger partial charge is 0.403 e. The zero-order valence-corrected chi connectivity index (χ0v) is 13.0. The van der Waals surface area contributed by atoms with Crippen molar-refractivity contribution in [2.24, 2.45) is 0 Å². The Kier molecular flexibility index (Phi) is 5.39. The van der Waals surface area contributed by atoms with Crippen molar-refractivity contribution in [2.75, 3.05) is 0 Å². The number of halogens is 1. The molecule has 0 aromatic heterocycles. The molecule has 0 bridgehead atoms. The third kappa shape index (κ3) is 3.93. The molecule has 0 saturated carbocycles. The molecule has 1 aliphatic heterocycles. The summed E-state index contributed by atoms with van der Waals surface area (Å²) in [6.45, 7) is 12.2. The maximum absolute atomic E-state index is 12.6. The van der Waals surface area contributed by atoms with Gasteiger partial charge in [0.2, 0.25) is 0 Å². The van der Waals surface area contributed by atoms with E-state index in [1.807, 2.05) is 53.7 Å². The molecule has 1 aliphatic rings. The van der Waals surface area contributed by atoms with Gasteiger partial charge in [0.15, 0.2) is 0 Å². The second kappa shape index (κ2) is 6.23. The molecule has 1 unspecified atom stereocenters. The summed E-state index contributed by atoms with van der Waals surface area (Å²) in [5.41, 5.74) is 0.0787. The molecular formula is C15H26BFO2.